The number of anilines is 1. The molecule has 2 rings (SSSR count). The first kappa shape index (κ1) is 16.9. The van der Waals surface area contributed by atoms with Gasteiger partial charge >= 0.3 is 11.8 Å². The lowest BCUT2D eigenvalue weighted by molar-refractivity contribution is -0.136. The molecule has 0 heterocycles. The fourth-order valence-electron chi connectivity index (χ4n) is 1.88. The SMILES string of the molecule is O=C(NCCc1cccc(Cl)c1)C(=O)Nc1c(F)cccc1F. The Morgan fingerprint density at radius 2 is 1.65 bits per heavy atom. The molecule has 0 spiro atoms. The highest BCUT2D eigenvalue weighted by atomic mass is 35.5. The van der Waals surface area contributed by atoms with Crippen LogP contribution in [0.25, 0.3) is 0 Å². The van der Waals surface area contributed by atoms with E-state index in [1.807, 2.05) is 11.4 Å². The van der Waals surface area contributed by atoms with Crippen LogP contribution in [0.1, 0.15) is 5.56 Å². The van der Waals surface area contributed by atoms with Gasteiger partial charge in [0.15, 0.2) is 0 Å². The predicted molar refractivity (Wildman–Crippen MR) is 83.2 cm³/mol. The van der Waals surface area contributed by atoms with Gasteiger partial charge in [-0.1, -0.05) is 29.8 Å². The van der Waals surface area contributed by atoms with Crippen molar-refractivity contribution >= 4 is 29.1 Å². The summed E-state index contributed by atoms with van der Waals surface area (Å²) in [5.74, 6) is -4.02. The van der Waals surface area contributed by atoms with Crippen LogP contribution >= 0.6 is 11.6 Å². The molecule has 0 bridgehead atoms. The van der Waals surface area contributed by atoms with E-state index < -0.39 is 29.1 Å². The first-order chi connectivity index (χ1) is 11.0. The molecule has 2 aromatic carbocycles. The number of nitrogens with one attached hydrogen (secondary N) is 2. The third kappa shape index (κ3) is 4.75. The largest absolute Gasteiger partial charge is 0.347 e. The zero-order chi connectivity index (χ0) is 16.8. The first-order valence-corrected chi connectivity index (χ1v) is 7.13. The Labute approximate surface area is 136 Å². The zero-order valence-electron chi connectivity index (χ0n) is 11.9. The Morgan fingerprint density at radius 3 is 2.30 bits per heavy atom. The Balaban J connectivity index is 1.87. The Kier molecular flexibility index (Phi) is 5.65. The molecule has 0 unspecified atom stereocenters. The second kappa shape index (κ2) is 7.69. The summed E-state index contributed by atoms with van der Waals surface area (Å²) in [6.45, 7) is 0.187. The van der Waals surface area contributed by atoms with E-state index in [0.717, 1.165) is 23.8 Å². The smallest absolute Gasteiger partial charge is 0.313 e. The van der Waals surface area contributed by atoms with E-state index in [4.69, 9.17) is 11.6 Å². The van der Waals surface area contributed by atoms with Crippen molar-refractivity contribution in [3.05, 3.63) is 64.7 Å². The third-order valence-electron chi connectivity index (χ3n) is 3.00. The average molecular weight is 339 g/mol. The number of rotatable bonds is 4. The summed E-state index contributed by atoms with van der Waals surface area (Å²) in [5, 5.41) is 4.86. The van der Waals surface area contributed by atoms with Gasteiger partial charge in [0.25, 0.3) is 0 Å². The van der Waals surface area contributed by atoms with Crippen LogP contribution in [-0.2, 0) is 16.0 Å². The molecular formula is C16H13ClF2N2O2. The maximum atomic E-state index is 13.4. The van der Waals surface area contributed by atoms with E-state index in [1.165, 1.54) is 0 Å². The van der Waals surface area contributed by atoms with Crippen LogP contribution in [0, 0.1) is 11.6 Å². The molecular weight excluding hydrogens is 326 g/mol. The standard InChI is InChI=1S/C16H13ClF2N2O2/c17-11-4-1-3-10(9-11)7-8-20-15(22)16(23)21-14-12(18)5-2-6-13(14)19/h1-6,9H,7-8H2,(H,20,22)(H,21,23). The van der Waals surface area contributed by atoms with Crippen molar-refractivity contribution in [1.29, 1.82) is 0 Å². The van der Waals surface area contributed by atoms with Crippen LogP contribution in [0.3, 0.4) is 0 Å². The molecule has 0 saturated heterocycles. The second-order valence-electron chi connectivity index (χ2n) is 4.69. The van der Waals surface area contributed by atoms with Crippen LogP contribution < -0.4 is 10.6 Å². The van der Waals surface area contributed by atoms with Crippen LogP contribution in [-0.4, -0.2) is 18.4 Å². The normalized spacial score (nSPS) is 10.2. The van der Waals surface area contributed by atoms with Gasteiger partial charge in [-0.05, 0) is 36.2 Å². The van der Waals surface area contributed by atoms with Crippen LogP contribution in [0.5, 0.6) is 0 Å². The molecule has 0 radical (unpaired) electrons. The average Bonchev–Trinajstić information content (AvgIpc) is 2.51. The molecule has 2 aromatic rings. The summed E-state index contributed by atoms with van der Waals surface area (Å²) in [7, 11) is 0. The van der Waals surface area contributed by atoms with E-state index in [9.17, 15) is 18.4 Å². The van der Waals surface area contributed by atoms with Crippen molar-refractivity contribution in [3.63, 3.8) is 0 Å². The summed E-state index contributed by atoms with van der Waals surface area (Å²) >= 11 is 5.83. The highest BCUT2D eigenvalue weighted by Crippen LogP contribution is 2.17. The van der Waals surface area contributed by atoms with Crippen molar-refractivity contribution in [3.8, 4) is 0 Å². The van der Waals surface area contributed by atoms with Gasteiger partial charge in [-0.25, -0.2) is 8.78 Å². The van der Waals surface area contributed by atoms with Gasteiger partial charge in [-0.2, -0.15) is 0 Å². The minimum Gasteiger partial charge on any atom is -0.347 e. The lowest BCUT2D eigenvalue weighted by Crippen LogP contribution is -2.36. The molecule has 23 heavy (non-hydrogen) atoms. The van der Waals surface area contributed by atoms with Crippen LogP contribution in [0.4, 0.5) is 14.5 Å². The number of halogens is 3. The molecule has 0 aromatic heterocycles. The number of benzene rings is 2. The lowest BCUT2D eigenvalue weighted by Gasteiger charge is -2.08. The lowest BCUT2D eigenvalue weighted by atomic mass is 10.1. The van der Waals surface area contributed by atoms with E-state index >= 15 is 0 Å². The minimum absolute atomic E-state index is 0.187. The van der Waals surface area contributed by atoms with Crippen molar-refractivity contribution in [2.45, 2.75) is 6.42 Å². The fourth-order valence-corrected chi connectivity index (χ4v) is 2.09. The second-order valence-corrected chi connectivity index (χ2v) is 5.12. The summed E-state index contributed by atoms with van der Waals surface area (Å²) in [4.78, 5) is 23.3. The maximum absolute atomic E-state index is 13.4. The van der Waals surface area contributed by atoms with E-state index in [-0.39, 0.29) is 6.54 Å². The Hall–Kier alpha value is -2.47. The van der Waals surface area contributed by atoms with E-state index in [2.05, 4.69) is 5.32 Å². The summed E-state index contributed by atoms with van der Waals surface area (Å²) in [6.07, 6.45) is 0.466. The highest BCUT2D eigenvalue weighted by Gasteiger charge is 2.17. The summed E-state index contributed by atoms with van der Waals surface area (Å²) in [5.41, 5.74) is 0.237. The van der Waals surface area contributed by atoms with Crippen molar-refractivity contribution in [2.75, 3.05) is 11.9 Å². The van der Waals surface area contributed by atoms with Crippen LogP contribution in [0.15, 0.2) is 42.5 Å². The first-order valence-electron chi connectivity index (χ1n) is 6.75. The molecule has 0 atom stereocenters. The number of hydrogen-bond acceptors (Lipinski definition) is 2. The third-order valence-corrected chi connectivity index (χ3v) is 3.23. The highest BCUT2D eigenvalue weighted by molar-refractivity contribution is 6.39. The molecule has 0 fully saturated rings. The number of para-hydroxylation sites is 1. The number of hydrogen-bond donors (Lipinski definition) is 2. The molecule has 0 aliphatic carbocycles. The predicted octanol–water partition coefficient (Wildman–Crippen LogP) is 2.92. The number of amides is 2. The summed E-state index contributed by atoms with van der Waals surface area (Å²) in [6, 6.07) is 10.2. The molecule has 7 heteroatoms. The van der Waals surface area contributed by atoms with Gasteiger partial charge < -0.3 is 10.6 Å². The van der Waals surface area contributed by atoms with Gasteiger partial charge in [-0.3, -0.25) is 9.59 Å². The topological polar surface area (TPSA) is 58.2 Å². The number of carbonyl (C=O) groups is 2. The molecule has 0 aliphatic heterocycles. The van der Waals surface area contributed by atoms with Gasteiger partial charge in [0.1, 0.15) is 17.3 Å². The maximum Gasteiger partial charge on any atom is 0.313 e. The Bertz CT molecular complexity index is 718. The molecule has 2 N–H and O–H groups in total. The molecule has 0 aliphatic rings. The van der Waals surface area contributed by atoms with Crippen molar-refractivity contribution < 1.29 is 18.4 Å². The van der Waals surface area contributed by atoms with Gasteiger partial charge in [-0.15, -0.1) is 0 Å². The van der Waals surface area contributed by atoms with E-state index in [0.29, 0.717) is 11.4 Å². The van der Waals surface area contributed by atoms with Crippen molar-refractivity contribution in [1.82, 2.24) is 5.32 Å². The van der Waals surface area contributed by atoms with Crippen molar-refractivity contribution in [2.24, 2.45) is 0 Å². The molecule has 0 saturated carbocycles. The van der Waals surface area contributed by atoms with Crippen LogP contribution in [0.2, 0.25) is 5.02 Å². The Morgan fingerprint density at radius 1 is 1.00 bits per heavy atom. The van der Waals surface area contributed by atoms with Gasteiger partial charge in [0.2, 0.25) is 0 Å². The summed E-state index contributed by atoms with van der Waals surface area (Å²) < 4.78 is 26.8. The fraction of sp³-hybridized carbons (Fsp3) is 0.125. The molecule has 4 nitrogen and oxygen atoms in total. The quantitative estimate of drug-likeness (QED) is 0.842. The van der Waals surface area contributed by atoms with Gasteiger partial charge in [0, 0.05) is 11.6 Å². The number of carbonyl (C=O) groups excluding carboxylic acids is 2. The molecule has 120 valence electrons. The molecule has 2 amide bonds. The minimum atomic E-state index is -1.14. The van der Waals surface area contributed by atoms with E-state index in [1.54, 1.807) is 18.2 Å². The van der Waals surface area contributed by atoms with Gasteiger partial charge in [0.05, 0.1) is 0 Å². The monoisotopic (exact) mass is 338 g/mol. The zero-order valence-corrected chi connectivity index (χ0v) is 12.7.